The third-order valence-electron chi connectivity index (χ3n) is 5.17. The van der Waals surface area contributed by atoms with Crippen molar-refractivity contribution in [3.63, 3.8) is 0 Å². The van der Waals surface area contributed by atoms with Gasteiger partial charge in [-0.15, -0.1) is 11.3 Å². The number of halogens is 1. The third-order valence-corrected chi connectivity index (χ3v) is 6.58. The summed E-state index contributed by atoms with van der Waals surface area (Å²) in [6.07, 6.45) is 3.95. The quantitative estimate of drug-likeness (QED) is 0.590. The molecule has 0 fully saturated rings. The van der Waals surface area contributed by atoms with Gasteiger partial charge in [0.05, 0.1) is 12.2 Å². The lowest BCUT2D eigenvalue weighted by molar-refractivity contribution is -0.118. The van der Waals surface area contributed by atoms with Gasteiger partial charge in [-0.1, -0.05) is 24.9 Å². The standard InChI is InChI=1S/C22H26ClNO4S/c1-4-14-6-8-16-18(11-14)29-21(20(16)22(26)27-5-2)24-19(25)12-28-17-9-7-15(23)10-13(17)3/h7,9-10,14H,4-6,8,11-12H2,1-3H3,(H,24,25)/t14-/m0/s1. The highest BCUT2D eigenvalue weighted by Gasteiger charge is 2.29. The van der Waals surface area contributed by atoms with Gasteiger partial charge in [0, 0.05) is 9.90 Å². The molecule has 1 aromatic carbocycles. The van der Waals surface area contributed by atoms with Gasteiger partial charge in [0.2, 0.25) is 0 Å². The molecule has 5 nitrogen and oxygen atoms in total. The monoisotopic (exact) mass is 435 g/mol. The fraction of sp³-hybridized carbons (Fsp3) is 0.455. The number of hydrogen-bond donors (Lipinski definition) is 1. The highest BCUT2D eigenvalue weighted by Crippen LogP contribution is 2.40. The zero-order valence-electron chi connectivity index (χ0n) is 17.0. The molecule has 1 amide bonds. The fourth-order valence-electron chi connectivity index (χ4n) is 3.59. The van der Waals surface area contributed by atoms with Gasteiger partial charge in [0.15, 0.2) is 6.61 Å². The Kier molecular flexibility index (Phi) is 7.19. The molecule has 2 aromatic rings. The molecule has 0 unspecified atom stereocenters. The van der Waals surface area contributed by atoms with Crippen LogP contribution < -0.4 is 10.1 Å². The van der Waals surface area contributed by atoms with Crippen molar-refractivity contribution in [2.45, 2.75) is 46.5 Å². The van der Waals surface area contributed by atoms with Crippen molar-refractivity contribution in [2.24, 2.45) is 5.92 Å². The minimum Gasteiger partial charge on any atom is -0.483 e. The van der Waals surface area contributed by atoms with Crippen molar-refractivity contribution >= 4 is 39.8 Å². The molecular weight excluding hydrogens is 410 g/mol. The van der Waals surface area contributed by atoms with Crippen LogP contribution in [-0.2, 0) is 22.4 Å². The number of thiophene rings is 1. The Bertz CT molecular complexity index is 908. The van der Waals surface area contributed by atoms with Crippen LogP contribution in [0.15, 0.2) is 18.2 Å². The van der Waals surface area contributed by atoms with Gasteiger partial charge in [-0.05, 0) is 68.4 Å². The van der Waals surface area contributed by atoms with Gasteiger partial charge in [0.1, 0.15) is 10.8 Å². The summed E-state index contributed by atoms with van der Waals surface area (Å²) in [4.78, 5) is 26.3. The second-order valence-corrected chi connectivity index (χ2v) is 8.73. The number of ether oxygens (including phenoxy) is 2. The number of carbonyl (C=O) groups excluding carboxylic acids is 2. The minimum absolute atomic E-state index is 0.148. The summed E-state index contributed by atoms with van der Waals surface area (Å²) in [5, 5.41) is 4.05. The summed E-state index contributed by atoms with van der Waals surface area (Å²) in [6.45, 7) is 5.99. The van der Waals surface area contributed by atoms with Gasteiger partial charge in [-0.2, -0.15) is 0 Å². The van der Waals surface area contributed by atoms with Gasteiger partial charge in [-0.25, -0.2) is 4.79 Å². The Balaban J connectivity index is 1.75. The topological polar surface area (TPSA) is 64.6 Å². The molecule has 0 spiro atoms. The second kappa shape index (κ2) is 9.63. The van der Waals surface area contributed by atoms with Crippen molar-refractivity contribution in [3.8, 4) is 5.75 Å². The Morgan fingerprint density at radius 1 is 1.31 bits per heavy atom. The molecule has 0 radical (unpaired) electrons. The summed E-state index contributed by atoms with van der Waals surface area (Å²) in [6, 6.07) is 5.24. The van der Waals surface area contributed by atoms with E-state index in [2.05, 4.69) is 12.2 Å². The van der Waals surface area contributed by atoms with E-state index in [9.17, 15) is 9.59 Å². The second-order valence-electron chi connectivity index (χ2n) is 7.19. The summed E-state index contributed by atoms with van der Waals surface area (Å²) in [5.74, 6) is 0.544. The molecule has 7 heteroatoms. The molecule has 0 bridgehead atoms. The molecule has 1 heterocycles. The molecule has 0 saturated heterocycles. The van der Waals surface area contributed by atoms with Crippen LogP contribution in [-0.4, -0.2) is 25.1 Å². The van der Waals surface area contributed by atoms with E-state index in [0.29, 0.717) is 33.9 Å². The molecule has 1 aliphatic carbocycles. The number of rotatable bonds is 7. The zero-order valence-corrected chi connectivity index (χ0v) is 18.5. The lowest BCUT2D eigenvalue weighted by Crippen LogP contribution is -2.21. The van der Waals surface area contributed by atoms with Crippen LogP contribution >= 0.6 is 22.9 Å². The van der Waals surface area contributed by atoms with Crippen molar-refractivity contribution in [1.82, 2.24) is 0 Å². The first kappa shape index (κ1) is 21.7. The van der Waals surface area contributed by atoms with Crippen molar-refractivity contribution in [2.75, 3.05) is 18.5 Å². The van der Waals surface area contributed by atoms with Crippen LogP contribution in [0.1, 0.15) is 53.1 Å². The largest absolute Gasteiger partial charge is 0.483 e. The Morgan fingerprint density at radius 2 is 2.10 bits per heavy atom. The van der Waals surface area contributed by atoms with E-state index in [4.69, 9.17) is 21.1 Å². The lowest BCUT2D eigenvalue weighted by atomic mass is 9.85. The number of carbonyl (C=O) groups is 2. The van der Waals surface area contributed by atoms with Crippen LogP contribution in [0.3, 0.4) is 0 Å². The smallest absolute Gasteiger partial charge is 0.341 e. The van der Waals surface area contributed by atoms with Crippen LogP contribution in [0, 0.1) is 12.8 Å². The maximum absolute atomic E-state index is 12.6. The summed E-state index contributed by atoms with van der Waals surface area (Å²) >= 11 is 7.44. The number of aryl methyl sites for hydroxylation is 1. The van der Waals surface area contributed by atoms with Gasteiger partial charge >= 0.3 is 5.97 Å². The van der Waals surface area contributed by atoms with E-state index in [1.54, 1.807) is 25.1 Å². The zero-order chi connectivity index (χ0) is 21.0. The van der Waals surface area contributed by atoms with Crippen LogP contribution in [0.5, 0.6) is 5.75 Å². The van der Waals surface area contributed by atoms with E-state index in [1.165, 1.54) is 16.2 Å². The molecule has 1 aromatic heterocycles. The number of esters is 1. The van der Waals surface area contributed by atoms with Crippen LogP contribution in [0.2, 0.25) is 5.02 Å². The maximum atomic E-state index is 12.6. The first-order chi connectivity index (χ1) is 13.9. The number of anilines is 1. The Hall–Kier alpha value is -2.05. The molecule has 0 saturated carbocycles. The predicted octanol–water partition coefficient (Wildman–Crippen LogP) is 5.42. The highest BCUT2D eigenvalue weighted by atomic mass is 35.5. The Labute approximate surface area is 180 Å². The highest BCUT2D eigenvalue weighted by molar-refractivity contribution is 7.17. The SMILES string of the molecule is CCOC(=O)c1c(NC(=O)COc2ccc(Cl)cc2C)sc2c1CC[C@H](CC)C2. The van der Waals surface area contributed by atoms with E-state index in [0.717, 1.165) is 36.8 Å². The molecule has 1 atom stereocenters. The van der Waals surface area contributed by atoms with Crippen molar-refractivity contribution in [1.29, 1.82) is 0 Å². The number of fused-ring (bicyclic) bond motifs is 1. The number of benzene rings is 1. The predicted molar refractivity (Wildman–Crippen MR) is 116 cm³/mol. The average Bonchev–Trinajstić information content (AvgIpc) is 3.04. The summed E-state index contributed by atoms with van der Waals surface area (Å²) < 4.78 is 10.9. The molecule has 1 N–H and O–H groups in total. The minimum atomic E-state index is -0.371. The fourth-order valence-corrected chi connectivity index (χ4v) is 5.18. The number of hydrogen-bond acceptors (Lipinski definition) is 5. The van der Waals surface area contributed by atoms with E-state index >= 15 is 0 Å². The van der Waals surface area contributed by atoms with Crippen LogP contribution in [0.25, 0.3) is 0 Å². The van der Waals surface area contributed by atoms with Crippen molar-refractivity contribution < 1.29 is 19.1 Å². The molecular formula is C22H26ClNO4S. The van der Waals surface area contributed by atoms with E-state index in [-0.39, 0.29) is 18.5 Å². The third kappa shape index (κ3) is 5.11. The molecule has 0 aliphatic heterocycles. The lowest BCUT2D eigenvalue weighted by Gasteiger charge is -2.20. The van der Waals surface area contributed by atoms with Gasteiger partial charge < -0.3 is 14.8 Å². The number of amides is 1. The van der Waals surface area contributed by atoms with E-state index in [1.807, 2.05) is 6.92 Å². The first-order valence-corrected chi connectivity index (χ1v) is 11.1. The van der Waals surface area contributed by atoms with Crippen molar-refractivity contribution in [3.05, 3.63) is 44.8 Å². The average molecular weight is 436 g/mol. The number of nitrogens with one attached hydrogen (secondary N) is 1. The molecule has 156 valence electrons. The van der Waals surface area contributed by atoms with Gasteiger partial charge in [-0.3, -0.25) is 4.79 Å². The van der Waals surface area contributed by atoms with Crippen LogP contribution in [0.4, 0.5) is 5.00 Å². The molecule has 3 rings (SSSR count). The Morgan fingerprint density at radius 3 is 2.79 bits per heavy atom. The summed E-state index contributed by atoms with van der Waals surface area (Å²) in [7, 11) is 0. The van der Waals surface area contributed by atoms with Gasteiger partial charge in [0.25, 0.3) is 5.91 Å². The molecule has 1 aliphatic rings. The first-order valence-electron chi connectivity index (χ1n) is 9.93. The maximum Gasteiger partial charge on any atom is 0.341 e. The molecule has 29 heavy (non-hydrogen) atoms. The van der Waals surface area contributed by atoms with E-state index < -0.39 is 0 Å². The normalized spacial score (nSPS) is 15.5. The summed E-state index contributed by atoms with van der Waals surface area (Å²) in [5.41, 5.74) is 2.40.